The summed E-state index contributed by atoms with van der Waals surface area (Å²) < 4.78 is 0.962. The van der Waals surface area contributed by atoms with Gasteiger partial charge in [0.15, 0.2) is 0 Å². The quantitative estimate of drug-likeness (QED) is 0.911. The molecule has 1 heterocycles. The normalized spacial score (nSPS) is 26.8. The van der Waals surface area contributed by atoms with Crippen molar-refractivity contribution in [3.8, 4) is 0 Å². The van der Waals surface area contributed by atoms with Crippen LogP contribution in [0.3, 0.4) is 0 Å². The number of nitrogens with zero attached hydrogens (tertiary/aromatic N) is 1. The van der Waals surface area contributed by atoms with E-state index in [2.05, 4.69) is 27.8 Å². The molecule has 1 aromatic heterocycles. The first-order valence-corrected chi connectivity index (χ1v) is 7.29. The fraction of sp³-hybridized carbons (Fsp3) is 0.643. The van der Waals surface area contributed by atoms with E-state index in [1.54, 1.807) is 6.20 Å². The van der Waals surface area contributed by atoms with Gasteiger partial charge in [-0.15, -0.1) is 0 Å². The van der Waals surface area contributed by atoms with E-state index in [0.717, 1.165) is 28.9 Å². The van der Waals surface area contributed by atoms with Crippen LogP contribution in [0.1, 0.15) is 50.8 Å². The zero-order valence-electron chi connectivity index (χ0n) is 10.3. The Labute approximate surface area is 112 Å². The zero-order chi connectivity index (χ0) is 12.3. The number of aliphatic hydroxyl groups is 1. The predicted octanol–water partition coefficient (Wildman–Crippen LogP) is 4.09. The van der Waals surface area contributed by atoms with E-state index in [9.17, 15) is 5.11 Å². The van der Waals surface area contributed by atoms with E-state index in [-0.39, 0.29) is 0 Å². The Balaban J connectivity index is 2.03. The van der Waals surface area contributed by atoms with E-state index >= 15 is 0 Å². The van der Waals surface area contributed by atoms with Crippen molar-refractivity contribution in [2.45, 2.75) is 45.1 Å². The van der Waals surface area contributed by atoms with Gasteiger partial charge in [0.1, 0.15) is 0 Å². The average molecular weight is 298 g/mol. The molecule has 0 bridgehead atoms. The van der Waals surface area contributed by atoms with Crippen molar-refractivity contribution in [3.05, 3.63) is 28.5 Å². The second-order valence-electron chi connectivity index (χ2n) is 5.05. The highest BCUT2D eigenvalue weighted by atomic mass is 79.9. The van der Waals surface area contributed by atoms with Crippen LogP contribution < -0.4 is 0 Å². The van der Waals surface area contributed by atoms with Gasteiger partial charge in [0.2, 0.25) is 0 Å². The standard InChI is InChI=1S/C14H20BrNO/c1-2-10-4-3-5-11(8-10)14(17)13-7-6-12(15)9-16-13/h6-7,9-11,14,17H,2-5,8H2,1H3. The minimum Gasteiger partial charge on any atom is -0.387 e. The molecule has 0 radical (unpaired) electrons. The Bertz CT molecular complexity index is 352. The van der Waals surface area contributed by atoms with Crippen LogP contribution in [-0.2, 0) is 0 Å². The Morgan fingerprint density at radius 3 is 2.94 bits per heavy atom. The number of hydrogen-bond acceptors (Lipinski definition) is 2. The van der Waals surface area contributed by atoms with Crippen LogP contribution in [0.25, 0.3) is 0 Å². The molecule has 1 aliphatic rings. The predicted molar refractivity (Wildman–Crippen MR) is 72.6 cm³/mol. The number of halogens is 1. The highest BCUT2D eigenvalue weighted by Crippen LogP contribution is 2.37. The van der Waals surface area contributed by atoms with E-state index in [1.165, 1.54) is 19.3 Å². The first kappa shape index (κ1) is 13.0. The Morgan fingerprint density at radius 2 is 2.29 bits per heavy atom. The van der Waals surface area contributed by atoms with Crippen molar-refractivity contribution in [2.24, 2.45) is 11.8 Å². The fourth-order valence-corrected chi connectivity index (χ4v) is 3.03. The molecule has 0 aromatic carbocycles. The lowest BCUT2D eigenvalue weighted by molar-refractivity contribution is 0.0645. The maximum Gasteiger partial charge on any atom is 0.0987 e. The summed E-state index contributed by atoms with van der Waals surface area (Å²) >= 11 is 3.37. The molecule has 1 saturated carbocycles. The fourth-order valence-electron chi connectivity index (χ4n) is 2.79. The Kier molecular flexibility index (Phi) is 4.57. The lowest BCUT2D eigenvalue weighted by Gasteiger charge is -2.31. The van der Waals surface area contributed by atoms with Gasteiger partial charge in [0, 0.05) is 10.7 Å². The number of aromatic nitrogens is 1. The Morgan fingerprint density at radius 1 is 1.47 bits per heavy atom. The van der Waals surface area contributed by atoms with Crippen LogP contribution in [0.2, 0.25) is 0 Å². The summed E-state index contributed by atoms with van der Waals surface area (Å²) in [6, 6.07) is 3.87. The zero-order valence-corrected chi connectivity index (χ0v) is 11.9. The van der Waals surface area contributed by atoms with Crippen LogP contribution >= 0.6 is 15.9 Å². The molecule has 17 heavy (non-hydrogen) atoms. The molecule has 1 aromatic rings. The van der Waals surface area contributed by atoms with Crippen molar-refractivity contribution in [3.63, 3.8) is 0 Å². The maximum absolute atomic E-state index is 10.4. The molecule has 1 fully saturated rings. The molecule has 3 atom stereocenters. The second kappa shape index (κ2) is 5.96. The molecule has 2 rings (SSSR count). The summed E-state index contributed by atoms with van der Waals surface area (Å²) in [4.78, 5) is 4.31. The minimum atomic E-state index is -0.391. The molecule has 3 heteroatoms. The minimum absolute atomic E-state index is 0.391. The lowest BCUT2D eigenvalue weighted by atomic mass is 9.77. The van der Waals surface area contributed by atoms with Crippen LogP contribution in [0.4, 0.5) is 0 Å². The first-order chi connectivity index (χ1) is 8.20. The van der Waals surface area contributed by atoms with Gasteiger partial charge in [0.25, 0.3) is 0 Å². The van der Waals surface area contributed by atoms with Gasteiger partial charge in [-0.2, -0.15) is 0 Å². The monoisotopic (exact) mass is 297 g/mol. The van der Waals surface area contributed by atoms with Crippen molar-refractivity contribution >= 4 is 15.9 Å². The number of rotatable bonds is 3. The number of aliphatic hydroxyl groups excluding tert-OH is 1. The third kappa shape index (κ3) is 3.29. The highest BCUT2D eigenvalue weighted by molar-refractivity contribution is 9.10. The summed E-state index contributed by atoms with van der Waals surface area (Å²) in [5.41, 5.74) is 0.815. The molecule has 0 amide bonds. The van der Waals surface area contributed by atoms with Crippen molar-refractivity contribution in [1.29, 1.82) is 0 Å². The SMILES string of the molecule is CCC1CCCC(C(O)c2ccc(Br)cn2)C1. The van der Waals surface area contributed by atoms with Crippen molar-refractivity contribution in [2.75, 3.05) is 0 Å². The number of pyridine rings is 1. The van der Waals surface area contributed by atoms with Crippen molar-refractivity contribution in [1.82, 2.24) is 4.98 Å². The van der Waals surface area contributed by atoms with Crippen LogP contribution in [-0.4, -0.2) is 10.1 Å². The highest BCUT2D eigenvalue weighted by Gasteiger charge is 2.28. The summed E-state index contributed by atoms with van der Waals surface area (Å²) in [6.07, 6.45) is 7.46. The molecule has 0 spiro atoms. The second-order valence-corrected chi connectivity index (χ2v) is 5.96. The van der Waals surface area contributed by atoms with Crippen LogP contribution in [0.15, 0.2) is 22.8 Å². The van der Waals surface area contributed by atoms with E-state index < -0.39 is 6.10 Å². The molecule has 2 nitrogen and oxygen atoms in total. The molecule has 94 valence electrons. The van der Waals surface area contributed by atoms with Gasteiger partial charge < -0.3 is 5.11 Å². The average Bonchev–Trinajstić information content (AvgIpc) is 2.39. The third-order valence-electron chi connectivity index (χ3n) is 3.90. The number of hydrogen-bond donors (Lipinski definition) is 1. The van der Waals surface area contributed by atoms with Gasteiger partial charge in [-0.25, -0.2) is 0 Å². The van der Waals surface area contributed by atoms with Gasteiger partial charge in [-0.3, -0.25) is 4.98 Å². The van der Waals surface area contributed by atoms with Crippen LogP contribution in [0.5, 0.6) is 0 Å². The summed E-state index contributed by atoms with van der Waals surface area (Å²) in [7, 11) is 0. The third-order valence-corrected chi connectivity index (χ3v) is 4.37. The molecule has 0 saturated heterocycles. The topological polar surface area (TPSA) is 33.1 Å². The molecule has 3 unspecified atom stereocenters. The first-order valence-electron chi connectivity index (χ1n) is 6.50. The van der Waals surface area contributed by atoms with E-state index in [1.807, 2.05) is 12.1 Å². The largest absolute Gasteiger partial charge is 0.387 e. The smallest absolute Gasteiger partial charge is 0.0987 e. The summed E-state index contributed by atoms with van der Waals surface area (Å²) in [6.45, 7) is 2.25. The molecule has 1 N–H and O–H groups in total. The summed E-state index contributed by atoms with van der Waals surface area (Å²) in [5.74, 6) is 1.18. The maximum atomic E-state index is 10.4. The van der Waals surface area contributed by atoms with Crippen LogP contribution in [0, 0.1) is 11.8 Å². The van der Waals surface area contributed by atoms with Crippen molar-refractivity contribution < 1.29 is 5.11 Å². The molecular formula is C14H20BrNO. The Hall–Kier alpha value is -0.410. The molecule has 0 aliphatic heterocycles. The van der Waals surface area contributed by atoms with Gasteiger partial charge in [0.05, 0.1) is 11.8 Å². The lowest BCUT2D eigenvalue weighted by Crippen LogP contribution is -2.21. The summed E-state index contributed by atoms with van der Waals surface area (Å²) in [5, 5.41) is 10.4. The van der Waals surface area contributed by atoms with E-state index in [0.29, 0.717) is 5.92 Å². The van der Waals surface area contributed by atoms with Gasteiger partial charge >= 0.3 is 0 Å². The molecular weight excluding hydrogens is 278 g/mol. The van der Waals surface area contributed by atoms with Gasteiger partial charge in [-0.1, -0.05) is 26.2 Å². The van der Waals surface area contributed by atoms with E-state index in [4.69, 9.17) is 0 Å². The molecule has 1 aliphatic carbocycles. The van der Waals surface area contributed by atoms with Gasteiger partial charge in [-0.05, 0) is 52.7 Å².